The minimum atomic E-state index is -0.182. The van der Waals surface area contributed by atoms with Crippen LogP contribution in [0.25, 0.3) is 11.1 Å². The highest BCUT2D eigenvalue weighted by Gasteiger charge is 2.38. The minimum absolute atomic E-state index is 0.0428. The van der Waals surface area contributed by atoms with Crippen molar-refractivity contribution in [3.8, 4) is 34.6 Å². The first-order valence-electron chi connectivity index (χ1n) is 12.1. The molecule has 1 fully saturated rings. The summed E-state index contributed by atoms with van der Waals surface area (Å²) >= 11 is 6.53. The number of nitrogens with one attached hydrogen (secondary N) is 2. The molecule has 4 rings (SSSR count). The van der Waals surface area contributed by atoms with E-state index in [1.54, 1.807) is 48.7 Å². The Balaban J connectivity index is 1.54. The van der Waals surface area contributed by atoms with Crippen molar-refractivity contribution in [3.63, 3.8) is 0 Å². The highest BCUT2D eigenvalue weighted by atomic mass is 35.5. The molecule has 0 radical (unpaired) electrons. The fourth-order valence-electron chi connectivity index (χ4n) is 5.20. The molecule has 37 heavy (non-hydrogen) atoms. The van der Waals surface area contributed by atoms with E-state index >= 15 is 0 Å². The van der Waals surface area contributed by atoms with Crippen LogP contribution in [0.15, 0.2) is 54.7 Å². The van der Waals surface area contributed by atoms with E-state index in [-0.39, 0.29) is 28.0 Å². The van der Waals surface area contributed by atoms with Crippen LogP contribution in [0.2, 0.25) is 5.02 Å². The summed E-state index contributed by atoms with van der Waals surface area (Å²) in [5.41, 5.74) is 2.10. The number of methoxy groups -OCH3 is 1. The van der Waals surface area contributed by atoms with E-state index < -0.39 is 0 Å². The lowest BCUT2D eigenvalue weighted by molar-refractivity contribution is 0.0873. The van der Waals surface area contributed by atoms with Crippen LogP contribution in [0.5, 0.6) is 17.4 Å². The Labute approximate surface area is 222 Å². The van der Waals surface area contributed by atoms with Gasteiger partial charge in [0.2, 0.25) is 5.88 Å². The number of pyridine rings is 1. The smallest absolute Gasteiger partial charge is 0.251 e. The zero-order valence-corrected chi connectivity index (χ0v) is 22.4. The summed E-state index contributed by atoms with van der Waals surface area (Å²) in [6.07, 6.45) is 3.27. The normalized spacial score (nSPS) is 16.5. The Bertz CT molecular complexity index is 1350. The van der Waals surface area contributed by atoms with Gasteiger partial charge in [0.05, 0.1) is 12.1 Å². The lowest BCUT2D eigenvalue weighted by Crippen LogP contribution is -2.62. The molecule has 7 nitrogen and oxygen atoms in total. The zero-order chi connectivity index (χ0) is 26.8. The third kappa shape index (κ3) is 6.22. The number of ether oxygens (including phenoxy) is 2. The number of aromatic nitrogens is 1. The highest BCUT2D eigenvalue weighted by molar-refractivity contribution is 6.32. The largest absolute Gasteiger partial charge is 0.481 e. The van der Waals surface area contributed by atoms with Crippen LogP contribution in [-0.2, 0) is 0 Å². The first-order valence-corrected chi connectivity index (χ1v) is 12.5. The second kappa shape index (κ2) is 10.4. The molecule has 8 heteroatoms. The van der Waals surface area contributed by atoms with Crippen LogP contribution in [-0.4, -0.2) is 35.1 Å². The molecule has 0 bridgehead atoms. The molecular weight excluding hydrogens is 488 g/mol. The highest BCUT2D eigenvalue weighted by Crippen LogP contribution is 2.36. The Kier molecular flexibility index (Phi) is 7.44. The van der Waals surface area contributed by atoms with Gasteiger partial charge in [-0.2, -0.15) is 5.26 Å². The molecule has 0 unspecified atom stereocenters. The fraction of sp³-hybridized carbons (Fsp3) is 0.345. The van der Waals surface area contributed by atoms with Gasteiger partial charge < -0.3 is 20.1 Å². The first-order chi connectivity index (χ1) is 17.5. The SMILES string of the molecule is COc1cc(-c2cccc(Oc3ccc(C(=O)NC4CC(C)(C)NC(C)(C)C4)cc3Cl)c2C#N)ccn1. The van der Waals surface area contributed by atoms with E-state index in [0.29, 0.717) is 34.1 Å². The quantitative estimate of drug-likeness (QED) is 0.408. The zero-order valence-electron chi connectivity index (χ0n) is 21.7. The van der Waals surface area contributed by atoms with Gasteiger partial charge in [-0.25, -0.2) is 4.98 Å². The number of piperidine rings is 1. The van der Waals surface area contributed by atoms with E-state index in [2.05, 4.69) is 49.4 Å². The number of nitriles is 1. The van der Waals surface area contributed by atoms with E-state index in [0.717, 1.165) is 18.4 Å². The Morgan fingerprint density at radius 1 is 1.11 bits per heavy atom. The van der Waals surface area contributed by atoms with Crippen LogP contribution in [0, 0.1) is 11.3 Å². The van der Waals surface area contributed by atoms with Crippen LogP contribution >= 0.6 is 11.6 Å². The van der Waals surface area contributed by atoms with Crippen molar-refractivity contribution >= 4 is 17.5 Å². The molecular formula is C29H31ClN4O3. The van der Waals surface area contributed by atoms with Gasteiger partial charge in [-0.15, -0.1) is 0 Å². The van der Waals surface area contributed by atoms with Gasteiger partial charge in [0.1, 0.15) is 23.1 Å². The molecule has 1 saturated heterocycles. The maximum absolute atomic E-state index is 13.0. The number of carbonyl (C=O) groups excluding carboxylic acids is 1. The topological polar surface area (TPSA) is 96.3 Å². The summed E-state index contributed by atoms with van der Waals surface area (Å²) in [5.74, 6) is 0.969. The van der Waals surface area contributed by atoms with Gasteiger partial charge in [0.25, 0.3) is 5.91 Å². The Morgan fingerprint density at radius 2 is 1.84 bits per heavy atom. The second-order valence-electron chi connectivity index (χ2n) is 10.6. The number of carbonyl (C=O) groups is 1. The molecule has 192 valence electrons. The van der Waals surface area contributed by atoms with E-state index in [1.165, 1.54) is 7.11 Å². The molecule has 0 atom stereocenters. The molecule has 1 aliphatic heterocycles. The summed E-state index contributed by atoms with van der Waals surface area (Å²) in [5, 5.41) is 17.0. The summed E-state index contributed by atoms with van der Waals surface area (Å²) in [4.78, 5) is 17.1. The summed E-state index contributed by atoms with van der Waals surface area (Å²) < 4.78 is 11.3. The van der Waals surface area contributed by atoms with Crippen LogP contribution in [0.1, 0.15) is 56.5 Å². The number of benzene rings is 2. The van der Waals surface area contributed by atoms with E-state index in [1.807, 2.05) is 6.07 Å². The van der Waals surface area contributed by atoms with Gasteiger partial charge in [-0.05, 0) is 76.4 Å². The summed E-state index contributed by atoms with van der Waals surface area (Å²) in [6, 6.07) is 16.1. The second-order valence-corrected chi connectivity index (χ2v) is 11.0. The van der Waals surface area contributed by atoms with Crippen molar-refractivity contribution in [1.29, 1.82) is 5.26 Å². The van der Waals surface area contributed by atoms with Crippen molar-refractivity contribution in [3.05, 3.63) is 70.9 Å². The monoisotopic (exact) mass is 518 g/mol. The van der Waals surface area contributed by atoms with Gasteiger partial charge >= 0.3 is 0 Å². The summed E-state index contributed by atoms with van der Waals surface area (Å²) in [7, 11) is 1.54. The van der Waals surface area contributed by atoms with Crippen molar-refractivity contribution in [2.45, 2.75) is 57.7 Å². The van der Waals surface area contributed by atoms with Crippen molar-refractivity contribution in [1.82, 2.24) is 15.6 Å². The lowest BCUT2D eigenvalue weighted by Gasteiger charge is -2.46. The van der Waals surface area contributed by atoms with Gasteiger partial charge in [-0.1, -0.05) is 23.7 Å². The summed E-state index contributed by atoms with van der Waals surface area (Å²) in [6.45, 7) is 8.58. The Hall–Kier alpha value is -3.60. The number of hydrogen-bond donors (Lipinski definition) is 2. The first kappa shape index (κ1) is 26.5. The molecule has 2 heterocycles. The molecule has 0 saturated carbocycles. The average Bonchev–Trinajstić information content (AvgIpc) is 2.83. The van der Waals surface area contributed by atoms with Crippen LogP contribution in [0.3, 0.4) is 0 Å². The van der Waals surface area contributed by atoms with Crippen molar-refractivity contribution < 1.29 is 14.3 Å². The van der Waals surface area contributed by atoms with Gasteiger partial charge in [0.15, 0.2) is 0 Å². The predicted octanol–water partition coefficient (Wildman–Crippen LogP) is 6.11. The third-order valence-electron chi connectivity index (χ3n) is 6.33. The molecule has 2 aromatic carbocycles. The molecule has 0 aliphatic carbocycles. The van der Waals surface area contributed by atoms with Gasteiger partial charge in [0, 0.05) is 40.5 Å². The number of hydrogen-bond acceptors (Lipinski definition) is 6. The predicted molar refractivity (Wildman–Crippen MR) is 144 cm³/mol. The minimum Gasteiger partial charge on any atom is -0.481 e. The average molecular weight is 519 g/mol. The van der Waals surface area contributed by atoms with Crippen molar-refractivity contribution in [2.24, 2.45) is 0 Å². The number of halogens is 1. The van der Waals surface area contributed by atoms with Gasteiger partial charge in [-0.3, -0.25) is 4.79 Å². The maximum Gasteiger partial charge on any atom is 0.251 e. The molecule has 1 aliphatic rings. The molecule has 3 aromatic rings. The van der Waals surface area contributed by atoms with E-state index in [9.17, 15) is 10.1 Å². The van der Waals surface area contributed by atoms with Crippen molar-refractivity contribution in [2.75, 3.05) is 7.11 Å². The standard InChI is InChI=1S/C29H31ClN4O3/c1-28(2)15-20(16-29(3,4)34-28)33-27(35)19-9-10-25(23(30)13-19)37-24-8-6-7-21(22(24)17-31)18-11-12-32-26(14-18)36-5/h6-14,20,34H,15-16H2,1-5H3,(H,33,35). The van der Waals surface area contributed by atoms with Crippen LogP contribution < -0.4 is 20.1 Å². The lowest BCUT2D eigenvalue weighted by atomic mass is 9.79. The number of nitrogens with zero attached hydrogens (tertiary/aromatic N) is 2. The Morgan fingerprint density at radius 3 is 2.49 bits per heavy atom. The maximum atomic E-state index is 13.0. The molecule has 1 amide bonds. The van der Waals surface area contributed by atoms with E-state index in [4.69, 9.17) is 21.1 Å². The molecule has 0 spiro atoms. The number of amides is 1. The fourth-order valence-corrected chi connectivity index (χ4v) is 5.42. The number of rotatable bonds is 6. The van der Waals surface area contributed by atoms with Crippen LogP contribution in [0.4, 0.5) is 0 Å². The molecule has 2 N–H and O–H groups in total. The molecule has 1 aromatic heterocycles. The third-order valence-corrected chi connectivity index (χ3v) is 6.63.